The summed E-state index contributed by atoms with van der Waals surface area (Å²) in [5.41, 5.74) is 1.68. The number of hydrogen-bond donors (Lipinski definition) is 1. The summed E-state index contributed by atoms with van der Waals surface area (Å²) < 4.78 is 10.8. The lowest BCUT2D eigenvalue weighted by molar-refractivity contribution is 0.483. The Morgan fingerprint density at radius 2 is 1.47 bits per heavy atom. The van der Waals surface area contributed by atoms with E-state index in [0.717, 1.165) is 16.3 Å². The first-order valence-electron chi connectivity index (χ1n) is 10.6. The number of hydrogen-bond acceptors (Lipinski definition) is 4. The summed E-state index contributed by atoms with van der Waals surface area (Å²) in [6, 6.07) is 18.1. The van der Waals surface area contributed by atoms with Gasteiger partial charge in [0.05, 0.1) is 28.1 Å². The van der Waals surface area contributed by atoms with E-state index in [1.807, 2.05) is 52.0 Å². The van der Waals surface area contributed by atoms with E-state index in [2.05, 4.69) is 9.82 Å². The van der Waals surface area contributed by atoms with Gasteiger partial charge in [-0.05, 0) is 72.6 Å². The topological polar surface area (TPSA) is 39.1 Å². The Kier molecular flexibility index (Phi) is 11.9. The zero-order chi connectivity index (χ0) is 25.1. The molecule has 180 valence electrons. The van der Waals surface area contributed by atoms with E-state index in [0.29, 0.717) is 31.6 Å². The van der Waals surface area contributed by atoms with Gasteiger partial charge in [0.2, 0.25) is 0 Å². The number of nitrogens with one attached hydrogen (secondary N) is 1. The molecule has 1 aromatic heterocycles. The maximum atomic E-state index is 6.39. The maximum Gasteiger partial charge on any atom is 0.165 e. The van der Waals surface area contributed by atoms with Gasteiger partial charge in [-0.2, -0.15) is 5.10 Å². The van der Waals surface area contributed by atoms with Gasteiger partial charge < -0.3 is 9.46 Å². The van der Waals surface area contributed by atoms with Gasteiger partial charge in [-0.15, -0.1) is 0 Å². The van der Waals surface area contributed by atoms with Crippen molar-refractivity contribution in [1.82, 2.24) is 9.78 Å². The molecule has 0 aliphatic rings. The monoisotopic (exact) mass is 555 g/mol. The molecule has 0 bridgehead atoms. The van der Waals surface area contributed by atoms with Crippen LogP contribution in [-0.4, -0.2) is 9.78 Å². The van der Waals surface area contributed by atoms with E-state index in [4.69, 9.17) is 51.1 Å². The highest BCUT2D eigenvalue weighted by Crippen LogP contribution is 2.35. The molecule has 34 heavy (non-hydrogen) atoms. The number of benzene rings is 3. The van der Waals surface area contributed by atoms with Gasteiger partial charge in [0.1, 0.15) is 5.75 Å². The van der Waals surface area contributed by atoms with Crippen molar-refractivity contribution in [2.75, 3.05) is 4.72 Å². The lowest BCUT2D eigenvalue weighted by Gasteiger charge is -2.10. The van der Waals surface area contributed by atoms with Crippen LogP contribution in [0.25, 0.3) is 5.69 Å². The van der Waals surface area contributed by atoms with Crippen molar-refractivity contribution in [3.05, 3.63) is 93.1 Å². The van der Waals surface area contributed by atoms with Crippen LogP contribution in [0.5, 0.6) is 11.5 Å². The molecule has 0 amide bonds. The fraction of sp³-hybridized carbons (Fsp3) is 0.160. The van der Waals surface area contributed by atoms with E-state index < -0.39 is 0 Å². The molecule has 0 aliphatic carbocycles. The molecular formula is C25H25Cl4N3OS. The summed E-state index contributed by atoms with van der Waals surface area (Å²) in [5.74, 6) is 1.09. The zero-order valence-electron chi connectivity index (χ0n) is 19.2. The number of ether oxygens (including phenoxy) is 1. The lowest BCUT2D eigenvalue weighted by atomic mass is 10.3. The maximum absolute atomic E-state index is 6.39. The highest BCUT2D eigenvalue weighted by molar-refractivity contribution is 8.00. The molecular weight excluding hydrogens is 532 g/mol. The molecule has 0 spiro atoms. The molecule has 9 heteroatoms. The van der Waals surface area contributed by atoms with Gasteiger partial charge in [0, 0.05) is 20.6 Å². The number of aromatic nitrogens is 2. The van der Waals surface area contributed by atoms with Gasteiger partial charge in [0.25, 0.3) is 0 Å². The van der Waals surface area contributed by atoms with Gasteiger partial charge in [-0.1, -0.05) is 74.1 Å². The second kappa shape index (κ2) is 14.4. The van der Waals surface area contributed by atoms with Crippen molar-refractivity contribution in [2.24, 2.45) is 0 Å². The van der Waals surface area contributed by atoms with Crippen molar-refractivity contribution < 1.29 is 4.74 Å². The van der Waals surface area contributed by atoms with Crippen LogP contribution in [0.3, 0.4) is 0 Å². The van der Waals surface area contributed by atoms with Crippen LogP contribution in [0, 0.1) is 0 Å². The van der Waals surface area contributed by atoms with Crippen LogP contribution in [-0.2, 0) is 0 Å². The molecule has 0 saturated carbocycles. The first-order valence-corrected chi connectivity index (χ1v) is 13.0. The molecule has 4 aromatic rings. The second-order valence-electron chi connectivity index (χ2n) is 6.12. The zero-order valence-corrected chi connectivity index (χ0v) is 23.0. The van der Waals surface area contributed by atoms with E-state index in [9.17, 15) is 0 Å². The molecule has 0 saturated heterocycles. The Morgan fingerprint density at radius 3 is 2.12 bits per heavy atom. The average Bonchev–Trinajstić information content (AvgIpc) is 3.32. The third-order valence-corrected chi connectivity index (χ3v) is 6.10. The van der Waals surface area contributed by atoms with Crippen LogP contribution in [0.15, 0.2) is 78.0 Å². The standard InChI is InChI=1S/C21H13Cl4N3OS.2C2H6/c22-13-1-5-16(6-2-13)28-12-17(11-26-28)29-20-7-4-15(10-18(20)24)27-30-21-8-3-14(23)9-19(21)25;2*1-2/h1-12,27H;2*1-2H3. The predicted octanol–water partition coefficient (Wildman–Crippen LogP) is 10.4. The molecule has 3 aromatic carbocycles. The Bertz CT molecular complexity index is 1180. The summed E-state index contributed by atoms with van der Waals surface area (Å²) in [7, 11) is 0. The minimum atomic E-state index is 0.460. The number of nitrogens with zero attached hydrogens (tertiary/aromatic N) is 2. The molecule has 0 aliphatic heterocycles. The van der Waals surface area contributed by atoms with E-state index in [-0.39, 0.29) is 0 Å². The molecule has 0 unspecified atom stereocenters. The van der Waals surface area contributed by atoms with Crippen molar-refractivity contribution in [2.45, 2.75) is 32.6 Å². The minimum absolute atomic E-state index is 0.460. The molecule has 0 atom stereocenters. The van der Waals surface area contributed by atoms with E-state index >= 15 is 0 Å². The summed E-state index contributed by atoms with van der Waals surface area (Å²) in [6.07, 6.45) is 3.39. The normalized spacial score (nSPS) is 9.88. The van der Waals surface area contributed by atoms with Gasteiger partial charge in [0.15, 0.2) is 5.75 Å². The summed E-state index contributed by atoms with van der Waals surface area (Å²) >= 11 is 25.8. The molecule has 0 fully saturated rings. The largest absolute Gasteiger partial charge is 0.452 e. The van der Waals surface area contributed by atoms with E-state index in [1.54, 1.807) is 53.5 Å². The molecule has 4 nitrogen and oxygen atoms in total. The quantitative estimate of drug-likeness (QED) is 0.240. The molecule has 1 N–H and O–H groups in total. The smallest absolute Gasteiger partial charge is 0.165 e. The average molecular weight is 557 g/mol. The van der Waals surface area contributed by atoms with Crippen LogP contribution < -0.4 is 9.46 Å². The summed E-state index contributed by atoms with van der Waals surface area (Å²) in [4.78, 5) is 0.854. The highest BCUT2D eigenvalue weighted by Gasteiger charge is 2.09. The van der Waals surface area contributed by atoms with Crippen molar-refractivity contribution in [3.8, 4) is 17.2 Å². The fourth-order valence-corrected chi connectivity index (χ4v) is 4.06. The minimum Gasteiger partial charge on any atom is -0.452 e. The predicted molar refractivity (Wildman–Crippen MR) is 149 cm³/mol. The third-order valence-electron chi connectivity index (χ3n) is 3.98. The number of halogens is 4. The van der Waals surface area contributed by atoms with Gasteiger partial charge >= 0.3 is 0 Å². The van der Waals surface area contributed by atoms with E-state index in [1.165, 1.54) is 11.9 Å². The SMILES string of the molecule is CC.CC.Clc1ccc(-n2cc(Oc3ccc(NSc4ccc(Cl)cc4Cl)cc3Cl)cn2)cc1. The van der Waals surface area contributed by atoms with Crippen molar-refractivity contribution >= 4 is 64.0 Å². The molecule has 4 rings (SSSR count). The van der Waals surface area contributed by atoms with Crippen LogP contribution in [0.1, 0.15) is 27.7 Å². The Hall–Kier alpha value is -2.02. The number of anilines is 1. The Balaban J connectivity index is 0.000000970. The van der Waals surface area contributed by atoms with Crippen LogP contribution in [0.4, 0.5) is 5.69 Å². The highest BCUT2D eigenvalue weighted by atomic mass is 35.5. The van der Waals surface area contributed by atoms with Gasteiger partial charge in [-0.25, -0.2) is 4.68 Å². The molecule has 0 radical (unpaired) electrons. The molecule has 1 heterocycles. The third kappa shape index (κ3) is 8.03. The first-order chi connectivity index (χ1) is 16.5. The van der Waals surface area contributed by atoms with Crippen molar-refractivity contribution in [3.63, 3.8) is 0 Å². The summed E-state index contributed by atoms with van der Waals surface area (Å²) in [6.45, 7) is 8.00. The van der Waals surface area contributed by atoms with Crippen molar-refractivity contribution in [1.29, 1.82) is 0 Å². The Morgan fingerprint density at radius 1 is 0.794 bits per heavy atom. The summed E-state index contributed by atoms with van der Waals surface area (Å²) in [5, 5.41) is 6.60. The second-order valence-corrected chi connectivity index (χ2v) is 8.66. The first kappa shape index (κ1) is 28.2. The van der Waals surface area contributed by atoms with Crippen LogP contribution >= 0.6 is 58.4 Å². The Labute approximate surface area is 225 Å². The number of rotatable bonds is 6. The lowest BCUT2D eigenvalue weighted by Crippen LogP contribution is -1.93. The van der Waals surface area contributed by atoms with Crippen LogP contribution in [0.2, 0.25) is 20.1 Å². The van der Waals surface area contributed by atoms with Gasteiger partial charge in [-0.3, -0.25) is 0 Å². The fourth-order valence-electron chi connectivity index (χ4n) is 2.54.